The topological polar surface area (TPSA) is 78.9 Å². The Morgan fingerprint density at radius 3 is 0.753 bits per heavy atom. The number of hydrogen-bond acceptors (Lipinski definition) is 6. The van der Waals surface area contributed by atoms with Crippen molar-refractivity contribution in [3.8, 4) is 0 Å². The van der Waals surface area contributed by atoms with Crippen molar-refractivity contribution in [2.45, 2.75) is 322 Å². The number of esters is 3. The summed E-state index contributed by atoms with van der Waals surface area (Å²) < 4.78 is 16.9. The van der Waals surface area contributed by atoms with Crippen LogP contribution in [0.4, 0.5) is 0 Å². The molecule has 6 heteroatoms. The third-order valence-corrected chi connectivity index (χ3v) is 14.5. The normalized spacial score (nSPS) is 12.9. The molecule has 0 radical (unpaired) electrons. The van der Waals surface area contributed by atoms with Crippen LogP contribution >= 0.6 is 0 Å². The largest absolute Gasteiger partial charge is 0.462 e. The first kappa shape index (κ1) is 76.8. The number of ether oxygens (including phenoxy) is 3. The Kier molecular flexibility index (Phi) is 64.8. The maximum absolute atomic E-state index is 12.9. The van der Waals surface area contributed by atoms with Crippen molar-refractivity contribution in [2.75, 3.05) is 13.2 Å². The highest BCUT2D eigenvalue weighted by molar-refractivity contribution is 5.71. The van der Waals surface area contributed by atoms with Gasteiger partial charge in [-0.2, -0.15) is 0 Å². The molecule has 0 saturated carbocycles. The van der Waals surface area contributed by atoms with Crippen LogP contribution < -0.4 is 0 Å². The molecule has 0 aliphatic carbocycles. The molecule has 1 atom stereocenters. The molecule has 0 aromatic carbocycles. The zero-order valence-electron chi connectivity index (χ0n) is 53.0. The summed E-state index contributed by atoms with van der Waals surface area (Å²) in [6.45, 7) is 6.41. The molecule has 0 fully saturated rings. The molecule has 0 bridgehead atoms. The van der Waals surface area contributed by atoms with E-state index >= 15 is 0 Å². The Hall–Kier alpha value is -4.19. The molecule has 0 heterocycles. The summed E-state index contributed by atoms with van der Waals surface area (Å²) in [6.07, 6.45) is 95.1. The van der Waals surface area contributed by atoms with Crippen molar-refractivity contribution in [1.29, 1.82) is 0 Å². The van der Waals surface area contributed by atoms with Crippen molar-refractivity contribution >= 4 is 17.9 Å². The fraction of sp³-hybridized carbons (Fsp3) is 0.693. The molecular weight excluding hydrogens is 997 g/mol. The van der Waals surface area contributed by atoms with E-state index in [0.717, 1.165) is 128 Å². The highest BCUT2D eigenvalue weighted by Gasteiger charge is 2.19. The summed E-state index contributed by atoms with van der Waals surface area (Å²) in [5.41, 5.74) is 0. The predicted molar refractivity (Wildman–Crippen MR) is 353 cm³/mol. The minimum atomic E-state index is -0.783. The molecule has 0 aliphatic rings. The fourth-order valence-corrected chi connectivity index (χ4v) is 9.44. The quantitative estimate of drug-likeness (QED) is 0.0261. The Bertz CT molecular complexity index is 1670. The first-order valence-corrected chi connectivity index (χ1v) is 34.0. The standard InChI is InChI=1S/C75H126O6/c1-4-7-10-13-16-19-21-23-25-27-29-31-33-35-37-39-41-43-45-47-49-51-53-56-59-62-65-68-74(77)80-71-72(70-79-73(76)67-64-61-58-55-18-15-12-9-6-3)81-75(78)69-66-63-60-57-54-52-50-48-46-44-42-40-38-36-34-32-30-28-26-24-22-20-17-14-11-8-5-2/h7-8,10-11,16-17,19-20,23-26,29-32,35,37,41,43,72H,4-6,9,12-15,18,21-22,27-28,33-34,36,38-40,42,44-71H2,1-3H3/b10-7-,11-8-,19-16-,20-17-,25-23-,26-24-,31-29-,32-30-,37-35-,43-41-. The van der Waals surface area contributed by atoms with Crippen LogP contribution in [-0.2, 0) is 28.6 Å². The molecule has 0 aromatic heterocycles. The molecule has 462 valence electrons. The van der Waals surface area contributed by atoms with E-state index in [0.29, 0.717) is 19.3 Å². The van der Waals surface area contributed by atoms with Crippen LogP contribution in [0.1, 0.15) is 316 Å². The van der Waals surface area contributed by atoms with E-state index in [1.165, 1.54) is 148 Å². The summed E-state index contributed by atoms with van der Waals surface area (Å²) >= 11 is 0. The van der Waals surface area contributed by atoms with Gasteiger partial charge in [0.1, 0.15) is 13.2 Å². The summed E-state index contributed by atoms with van der Waals surface area (Å²) in [5, 5.41) is 0. The molecule has 1 unspecified atom stereocenters. The molecule has 0 aromatic rings. The molecule has 6 nitrogen and oxygen atoms in total. The lowest BCUT2D eigenvalue weighted by atomic mass is 10.0. The Balaban J connectivity index is 4.21. The van der Waals surface area contributed by atoms with Gasteiger partial charge in [0.15, 0.2) is 6.10 Å². The summed E-state index contributed by atoms with van der Waals surface area (Å²) in [4.78, 5) is 38.3. The van der Waals surface area contributed by atoms with Crippen LogP contribution in [-0.4, -0.2) is 37.2 Å². The molecule has 0 rings (SSSR count). The molecule has 0 spiro atoms. The van der Waals surface area contributed by atoms with Crippen LogP contribution in [0.2, 0.25) is 0 Å². The number of hydrogen-bond donors (Lipinski definition) is 0. The van der Waals surface area contributed by atoms with Crippen molar-refractivity contribution in [3.05, 3.63) is 122 Å². The second-order valence-electron chi connectivity index (χ2n) is 22.3. The van der Waals surface area contributed by atoms with E-state index in [1.54, 1.807) is 0 Å². The monoisotopic (exact) mass is 1120 g/mol. The van der Waals surface area contributed by atoms with Crippen molar-refractivity contribution in [3.63, 3.8) is 0 Å². The van der Waals surface area contributed by atoms with Crippen molar-refractivity contribution in [2.24, 2.45) is 0 Å². The second-order valence-corrected chi connectivity index (χ2v) is 22.3. The van der Waals surface area contributed by atoms with E-state index in [4.69, 9.17) is 14.2 Å². The van der Waals surface area contributed by atoms with Gasteiger partial charge < -0.3 is 14.2 Å². The first-order chi connectivity index (χ1) is 40.0. The van der Waals surface area contributed by atoms with E-state index in [-0.39, 0.29) is 31.1 Å². The summed E-state index contributed by atoms with van der Waals surface area (Å²) in [7, 11) is 0. The smallest absolute Gasteiger partial charge is 0.306 e. The fourth-order valence-electron chi connectivity index (χ4n) is 9.44. The van der Waals surface area contributed by atoms with Crippen LogP contribution in [0.5, 0.6) is 0 Å². The minimum absolute atomic E-state index is 0.0794. The second kappa shape index (κ2) is 68.3. The number of carbonyl (C=O) groups excluding carboxylic acids is 3. The zero-order valence-corrected chi connectivity index (χ0v) is 53.0. The lowest BCUT2D eigenvalue weighted by Gasteiger charge is -2.18. The third-order valence-electron chi connectivity index (χ3n) is 14.5. The average molecular weight is 1120 g/mol. The van der Waals surface area contributed by atoms with Gasteiger partial charge in [-0.1, -0.05) is 309 Å². The van der Waals surface area contributed by atoms with Gasteiger partial charge in [0.2, 0.25) is 0 Å². The van der Waals surface area contributed by atoms with Gasteiger partial charge in [0.05, 0.1) is 0 Å². The Morgan fingerprint density at radius 2 is 0.481 bits per heavy atom. The van der Waals surface area contributed by atoms with Gasteiger partial charge in [-0.15, -0.1) is 0 Å². The van der Waals surface area contributed by atoms with Crippen molar-refractivity contribution in [1.82, 2.24) is 0 Å². The summed E-state index contributed by atoms with van der Waals surface area (Å²) in [5.74, 6) is -0.883. The maximum atomic E-state index is 12.9. The molecule has 0 amide bonds. The average Bonchev–Trinajstić information content (AvgIpc) is 3.47. The van der Waals surface area contributed by atoms with Crippen LogP contribution in [0.25, 0.3) is 0 Å². The van der Waals surface area contributed by atoms with Crippen LogP contribution in [0, 0.1) is 0 Å². The predicted octanol–water partition coefficient (Wildman–Crippen LogP) is 23.6. The molecular formula is C75H126O6. The van der Waals surface area contributed by atoms with E-state index in [1.807, 2.05) is 0 Å². The lowest BCUT2D eigenvalue weighted by molar-refractivity contribution is -0.167. The van der Waals surface area contributed by atoms with Crippen LogP contribution in [0.3, 0.4) is 0 Å². The maximum Gasteiger partial charge on any atom is 0.306 e. The number of carbonyl (C=O) groups is 3. The Labute approximate surface area is 501 Å². The first-order valence-electron chi connectivity index (χ1n) is 34.0. The van der Waals surface area contributed by atoms with E-state index < -0.39 is 6.10 Å². The highest BCUT2D eigenvalue weighted by atomic mass is 16.6. The highest BCUT2D eigenvalue weighted by Crippen LogP contribution is 2.17. The lowest BCUT2D eigenvalue weighted by Crippen LogP contribution is -2.30. The molecule has 0 saturated heterocycles. The number of allylic oxidation sites excluding steroid dienone is 20. The minimum Gasteiger partial charge on any atom is -0.462 e. The zero-order chi connectivity index (χ0) is 58.5. The summed E-state index contributed by atoms with van der Waals surface area (Å²) in [6, 6.07) is 0. The van der Waals surface area contributed by atoms with Crippen molar-refractivity contribution < 1.29 is 28.6 Å². The van der Waals surface area contributed by atoms with Gasteiger partial charge in [-0.25, -0.2) is 0 Å². The van der Waals surface area contributed by atoms with Gasteiger partial charge >= 0.3 is 17.9 Å². The Morgan fingerprint density at radius 1 is 0.259 bits per heavy atom. The number of rotatable bonds is 61. The number of unbranched alkanes of at least 4 members (excludes halogenated alkanes) is 30. The van der Waals surface area contributed by atoms with Crippen LogP contribution in [0.15, 0.2) is 122 Å². The van der Waals surface area contributed by atoms with E-state index in [2.05, 4.69) is 142 Å². The molecule has 81 heavy (non-hydrogen) atoms. The van der Waals surface area contributed by atoms with E-state index in [9.17, 15) is 14.4 Å². The van der Waals surface area contributed by atoms with Gasteiger partial charge in [-0.05, 0) is 109 Å². The van der Waals surface area contributed by atoms with Gasteiger partial charge in [0, 0.05) is 19.3 Å². The SMILES string of the molecule is CC/C=C\C/C=C\C/C=C\C/C=C\C/C=C\C/C=C\CCCCCCCCCCC(=O)OCC(COC(=O)CCCCCCCCCCC)OC(=O)CCCCCCCCCCCCCCCC/C=C\C/C=C\C/C=C\C/C=C\CC. The third kappa shape index (κ3) is 66.5. The molecule has 0 N–H and O–H groups in total. The van der Waals surface area contributed by atoms with Gasteiger partial charge in [0.25, 0.3) is 0 Å². The molecule has 0 aliphatic heterocycles. The van der Waals surface area contributed by atoms with Gasteiger partial charge in [-0.3, -0.25) is 14.4 Å².